The van der Waals surface area contributed by atoms with Gasteiger partial charge in [0, 0.05) is 0 Å². The van der Waals surface area contributed by atoms with Crippen LogP contribution < -0.4 is 14.8 Å². The van der Waals surface area contributed by atoms with Gasteiger partial charge in [0.05, 0.1) is 13.2 Å². The van der Waals surface area contributed by atoms with Gasteiger partial charge in [-0.15, -0.1) is 0 Å². The van der Waals surface area contributed by atoms with Crippen molar-refractivity contribution in [1.29, 1.82) is 0 Å². The number of amides is 1. The van der Waals surface area contributed by atoms with E-state index in [9.17, 15) is 4.79 Å². The molecule has 0 aromatic heterocycles. The number of nitrogens with one attached hydrogen (secondary N) is 1. The van der Waals surface area contributed by atoms with E-state index < -0.39 is 0 Å². The summed E-state index contributed by atoms with van der Waals surface area (Å²) in [4.78, 5) is 11.9. The van der Waals surface area contributed by atoms with E-state index >= 15 is 0 Å². The molecular formula is C18H21NO3. The molecule has 0 heterocycles. The summed E-state index contributed by atoms with van der Waals surface area (Å²) >= 11 is 0. The first-order valence-corrected chi connectivity index (χ1v) is 7.21. The minimum Gasteiger partial charge on any atom is -0.497 e. The maximum absolute atomic E-state index is 11.9. The van der Waals surface area contributed by atoms with Gasteiger partial charge in [0.25, 0.3) is 5.91 Å². The van der Waals surface area contributed by atoms with E-state index in [1.54, 1.807) is 7.11 Å². The molecule has 2 aromatic carbocycles. The average Bonchev–Trinajstić information content (AvgIpc) is 2.54. The summed E-state index contributed by atoms with van der Waals surface area (Å²) < 4.78 is 10.6. The van der Waals surface area contributed by atoms with E-state index in [4.69, 9.17) is 9.47 Å². The van der Waals surface area contributed by atoms with Crippen LogP contribution in [0, 0.1) is 6.92 Å². The zero-order chi connectivity index (χ0) is 15.9. The van der Waals surface area contributed by atoms with Gasteiger partial charge < -0.3 is 14.8 Å². The number of hydrogen-bond acceptors (Lipinski definition) is 3. The third-order valence-corrected chi connectivity index (χ3v) is 3.38. The van der Waals surface area contributed by atoms with Crippen LogP contribution in [0.1, 0.15) is 24.1 Å². The topological polar surface area (TPSA) is 47.6 Å². The van der Waals surface area contributed by atoms with Crippen molar-refractivity contribution in [2.45, 2.75) is 19.9 Å². The number of ether oxygens (including phenoxy) is 2. The van der Waals surface area contributed by atoms with Crippen molar-refractivity contribution >= 4 is 5.91 Å². The van der Waals surface area contributed by atoms with Gasteiger partial charge in [0.15, 0.2) is 6.61 Å². The molecule has 0 aliphatic heterocycles. The quantitative estimate of drug-likeness (QED) is 0.890. The Labute approximate surface area is 131 Å². The lowest BCUT2D eigenvalue weighted by atomic mass is 10.1. The first kappa shape index (κ1) is 15.9. The average molecular weight is 299 g/mol. The molecule has 2 aromatic rings. The highest BCUT2D eigenvalue weighted by Crippen LogP contribution is 2.17. The molecule has 1 amide bonds. The molecule has 0 saturated carbocycles. The van der Waals surface area contributed by atoms with Crippen LogP contribution in [-0.2, 0) is 4.79 Å². The number of benzene rings is 2. The Hall–Kier alpha value is -2.49. The van der Waals surface area contributed by atoms with Gasteiger partial charge in [0.1, 0.15) is 11.5 Å². The minimum absolute atomic E-state index is 0.00353. The summed E-state index contributed by atoms with van der Waals surface area (Å²) in [6.07, 6.45) is 0. The molecule has 0 saturated heterocycles. The third-order valence-electron chi connectivity index (χ3n) is 3.38. The van der Waals surface area contributed by atoms with Crippen molar-refractivity contribution in [2.24, 2.45) is 0 Å². The molecule has 4 nitrogen and oxygen atoms in total. The second kappa shape index (κ2) is 7.50. The first-order chi connectivity index (χ1) is 10.6. The maximum Gasteiger partial charge on any atom is 0.258 e. The molecule has 1 N–H and O–H groups in total. The van der Waals surface area contributed by atoms with E-state index in [0.717, 1.165) is 16.9 Å². The summed E-state index contributed by atoms with van der Waals surface area (Å²) in [7, 11) is 1.63. The smallest absolute Gasteiger partial charge is 0.258 e. The molecule has 2 rings (SSSR count). The molecule has 0 bridgehead atoms. The fraction of sp³-hybridized carbons (Fsp3) is 0.278. The number of rotatable bonds is 6. The number of hydrogen-bond donors (Lipinski definition) is 1. The highest BCUT2D eigenvalue weighted by atomic mass is 16.5. The Kier molecular flexibility index (Phi) is 5.42. The monoisotopic (exact) mass is 299 g/mol. The molecule has 1 atom stereocenters. The SMILES string of the molecule is COc1ccc([C@@H](C)NC(=O)COc2ccc(C)cc2)cc1. The van der Waals surface area contributed by atoms with E-state index in [0.29, 0.717) is 5.75 Å². The van der Waals surface area contributed by atoms with Crippen molar-refractivity contribution in [1.82, 2.24) is 5.32 Å². The van der Waals surface area contributed by atoms with Crippen LogP contribution in [0.15, 0.2) is 48.5 Å². The second-order valence-corrected chi connectivity index (χ2v) is 5.16. The fourth-order valence-electron chi connectivity index (χ4n) is 2.04. The van der Waals surface area contributed by atoms with Gasteiger partial charge in [-0.2, -0.15) is 0 Å². The normalized spacial score (nSPS) is 11.6. The van der Waals surface area contributed by atoms with Crippen molar-refractivity contribution in [3.63, 3.8) is 0 Å². The van der Waals surface area contributed by atoms with Crippen molar-refractivity contribution in [2.75, 3.05) is 13.7 Å². The Morgan fingerprint density at radius 3 is 2.23 bits per heavy atom. The Bertz CT molecular complexity index is 605. The number of aryl methyl sites for hydroxylation is 1. The molecule has 0 aliphatic carbocycles. The minimum atomic E-state index is -0.149. The molecular weight excluding hydrogens is 278 g/mol. The highest BCUT2D eigenvalue weighted by molar-refractivity contribution is 5.78. The number of methoxy groups -OCH3 is 1. The molecule has 0 spiro atoms. The molecule has 116 valence electrons. The van der Waals surface area contributed by atoms with Gasteiger partial charge >= 0.3 is 0 Å². The molecule has 0 aliphatic rings. The van der Waals surface area contributed by atoms with Gasteiger partial charge in [-0.3, -0.25) is 4.79 Å². The van der Waals surface area contributed by atoms with Gasteiger partial charge in [-0.1, -0.05) is 29.8 Å². The van der Waals surface area contributed by atoms with Crippen LogP contribution in [0.5, 0.6) is 11.5 Å². The summed E-state index contributed by atoms with van der Waals surface area (Å²) in [5, 5.41) is 2.91. The summed E-state index contributed by atoms with van der Waals surface area (Å²) in [5.41, 5.74) is 2.18. The standard InChI is InChI=1S/C18H21NO3/c1-13-4-8-17(9-5-13)22-12-18(20)19-14(2)15-6-10-16(21-3)11-7-15/h4-11,14H,12H2,1-3H3,(H,19,20)/t14-/m1/s1. The fourth-order valence-corrected chi connectivity index (χ4v) is 2.04. The second-order valence-electron chi connectivity index (χ2n) is 5.16. The third kappa shape index (κ3) is 4.52. The summed E-state index contributed by atoms with van der Waals surface area (Å²) in [6.45, 7) is 3.95. The Balaban J connectivity index is 1.83. The lowest BCUT2D eigenvalue weighted by Gasteiger charge is -2.15. The van der Waals surface area contributed by atoms with E-state index in [2.05, 4.69) is 5.32 Å². The van der Waals surface area contributed by atoms with Crippen LogP contribution in [0.4, 0.5) is 0 Å². The highest BCUT2D eigenvalue weighted by Gasteiger charge is 2.10. The van der Waals surface area contributed by atoms with E-state index in [-0.39, 0.29) is 18.6 Å². The van der Waals surface area contributed by atoms with Crippen LogP contribution in [0.25, 0.3) is 0 Å². The summed E-state index contributed by atoms with van der Waals surface area (Å²) in [5.74, 6) is 1.34. The van der Waals surface area contributed by atoms with Gasteiger partial charge in [0.2, 0.25) is 0 Å². The van der Waals surface area contributed by atoms with E-state index in [1.807, 2.05) is 62.4 Å². The van der Waals surface area contributed by atoms with Crippen LogP contribution in [0.2, 0.25) is 0 Å². The van der Waals surface area contributed by atoms with Gasteiger partial charge in [-0.05, 0) is 43.7 Å². The molecule has 0 fully saturated rings. The largest absolute Gasteiger partial charge is 0.497 e. The number of carbonyl (C=O) groups is 1. The molecule has 4 heteroatoms. The van der Waals surface area contributed by atoms with Crippen molar-refractivity contribution < 1.29 is 14.3 Å². The molecule has 0 radical (unpaired) electrons. The number of carbonyl (C=O) groups excluding carboxylic acids is 1. The van der Waals surface area contributed by atoms with Crippen molar-refractivity contribution in [3.8, 4) is 11.5 Å². The molecule has 22 heavy (non-hydrogen) atoms. The van der Waals surface area contributed by atoms with E-state index in [1.165, 1.54) is 0 Å². The lowest BCUT2D eigenvalue weighted by molar-refractivity contribution is -0.123. The zero-order valence-electron chi connectivity index (χ0n) is 13.1. The lowest BCUT2D eigenvalue weighted by Crippen LogP contribution is -2.31. The van der Waals surface area contributed by atoms with Crippen molar-refractivity contribution in [3.05, 3.63) is 59.7 Å². The predicted octanol–water partition coefficient (Wildman–Crippen LogP) is 3.26. The molecule has 0 unspecified atom stereocenters. The summed E-state index contributed by atoms with van der Waals surface area (Å²) in [6, 6.07) is 15.2. The van der Waals surface area contributed by atoms with Crippen LogP contribution in [-0.4, -0.2) is 19.6 Å². The van der Waals surface area contributed by atoms with Crippen LogP contribution >= 0.6 is 0 Å². The van der Waals surface area contributed by atoms with Gasteiger partial charge in [-0.25, -0.2) is 0 Å². The maximum atomic E-state index is 11.9. The Morgan fingerprint density at radius 1 is 1.05 bits per heavy atom. The Morgan fingerprint density at radius 2 is 1.64 bits per heavy atom. The van der Waals surface area contributed by atoms with Crippen LogP contribution in [0.3, 0.4) is 0 Å². The first-order valence-electron chi connectivity index (χ1n) is 7.21. The zero-order valence-corrected chi connectivity index (χ0v) is 13.1. The predicted molar refractivity (Wildman–Crippen MR) is 86.2 cm³/mol.